The number of aromatic nitrogens is 2. The van der Waals surface area contributed by atoms with E-state index < -0.39 is 0 Å². The highest BCUT2D eigenvalue weighted by Gasteiger charge is 2.01. The minimum Gasteiger partial charge on any atom is -0.356 e. The van der Waals surface area contributed by atoms with Gasteiger partial charge in [0.05, 0.1) is 10.7 Å². The summed E-state index contributed by atoms with van der Waals surface area (Å²) < 4.78 is 2.69. The number of carbonyl (C=O) groups is 1. The highest BCUT2D eigenvalue weighted by molar-refractivity contribution is 9.10. The predicted octanol–water partition coefficient (Wildman–Crippen LogP) is 1.95. The molecule has 1 rings (SSSR count). The molecular weight excluding hydrogens is 258 g/mol. The zero-order valence-electron chi connectivity index (χ0n) is 8.87. The Hall–Kier alpha value is -0.840. The summed E-state index contributed by atoms with van der Waals surface area (Å²) in [6.45, 7) is 3.51. The van der Waals surface area contributed by atoms with Crippen LogP contribution < -0.4 is 5.32 Å². The van der Waals surface area contributed by atoms with E-state index in [0.29, 0.717) is 13.0 Å². The minimum atomic E-state index is 0.0927. The molecule has 4 nitrogen and oxygen atoms in total. The van der Waals surface area contributed by atoms with Gasteiger partial charge in [-0.05, 0) is 22.4 Å². The Kier molecular flexibility index (Phi) is 5.39. The van der Waals surface area contributed by atoms with Crippen LogP contribution in [0, 0.1) is 0 Å². The van der Waals surface area contributed by atoms with Crippen molar-refractivity contribution in [3.05, 3.63) is 16.9 Å². The van der Waals surface area contributed by atoms with E-state index in [9.17, 15) is 4.79 Å². The largest absolute Gasteiger partial charge is 0.356 e. The SMILES string of the molecule is CCCCNC(=O)CCn1cc(Br)cn1. The quantitative estimate of drug-likeness (QED) is 0.806. The van der Waals surface area contributed by atoms with E-state index >= 15 is 0 Å². The van der Waals surface area contributed by atoms with Crippen molar-refractivity contribution in [3.8, 4) is 0 Å². The van der Waals surface area contributed by atoms with E-state index in [2.05, 4.69) is 33.3 Å². The lowest BCUT2D eigenvalue weighted by molar-refractivity contribution is -0.121. The van der Waals surface area contributed by atoms with Crippen LogP contribution >= 0.6 is 15.9 Å². The van der Waals surface area contributed by atoms with Crippen LogP contribution in [-0.4, -0.2) is 22.2 Å². The topological polar surface area (TPSA) is 46.9 Å². The maximum absolute atomic E-state index is 11.3. The Morgan fingerprint density at radius 1 is 1.67 bits per heavy atom. The molecule has 0 aliphatic carbocycles. The Morgan fingerprint density at radius 2 is 2.47 bits per heavy atom. The van der Waals surface area contributed by atoms with Crippen molar-refractivity contribution >= 4 is 21.8 Å². The Bertz CT molecular complexity index is 311. The normalized spacial score (nSPS) is 10.3. The minimum absolute atomic E-state index is 0.0927. The van der Waals surface area contributed by atoms with E-state index in [-0.39, 0.29) is 5.91 Å². The molecule has 0 aromatic carbocycles. The van der Waals surface area contributed by atoms with E-state index in [0.717, 1.165) is 23.9 Å². The van der Waals surface area contributed by atoms with Crippen LogP contribution in [0.4, 0.5) is 0 Å². The lowest BCUT2D eigenvalue weighted by Gasteiger charge is -2.03. The molecule has 1 aromatic rings. The van der Waals surface area contributed by atoms with E-state index in [1.807, 2.05) is 6.20 Å². The van der Waals surface area contributed by atoms with Gasteiger partial charge in [-0.25, -0.2) is 0 Å². The lowest BCUT2D eigenvalue weighted by atomic mass is 10.3. The van der Waals surface area contributed by atoms with Crippen LogP contribution in [0.3, 0.4) is 0 Å². The summed E-state index contributed by atoms with van der Waals surface area (Å²) in [6.07, 6.45) is 6.21. The second kappa shape index (κ2) is 6.61. The molecule has 0 atom stereocenters. The van der Waals surface area contributed by atoms with Gasteiger partial charge in [-0.3, -0.25) is 9.48 Å². The first-order chi connectivity index (χ1) is 7.22. The van der Waals surface area contributed by atoms with Crippen LogP contribution in [-0.2, 0) is 11.3 Å². The number of unbranched alkanes of at least 4 members (excludes halogenated alkanes) is 1. The molecule has 1 aromatic heterocycles. The van der Waals surface area contributed by atoms with Gasteiger partial charge < -0.3 is 5.32 Å². The van der Waals surface area contributed by atoms with Gasteiger partial charge in [0.2, 0.25) is 5.91 Å². The molecular formula is C10H16BrN3O. The third kappa shape index (κ3) is 4.97. The third-order valence-electron chi connectivity index (χ3n) is 2.02. The summed E-state index contributed by atoms with van der Waals surface area (Å²) in [7, 11) is 0. The molecule has 0 saturated carbocycles. The monoisotopic (exact) mass is 273 g/mol. The molecule has 0 aliphatic rings. The smallest absolute Gasteiger partial charge is 0.221 e. The molecule has 15 heavy (non-hydrogen) atoms. The number of hydrogen-bond donors (Lipinski definition) is 1. The van der Waals surface area contributed by atoms with Crippen molar-refractivity contribution in [1.29, 1.82) is 0 Å². The number of amides is 1. The molecule has 1 N–H and O–H groups in total. The summed E-state index contributed by atoms with van der Waals surface area (Å²) in [5.41, 5.74) is 0. The summed E-state index contributed by atoms with van der Waals surface area (Å²) >= 11 is 3.31. The van der Waals surface area contributed by atoms with Gasteiger partial charge in [-0.15, -0.1) is 0 Å². The van der Waals surface area contributed by atoms with Crippen LogP contribution in [0.1, 0.15) is 26.2 Å². The van der Waals surface area contributed by atoms with Crippen molar-refractivity contribution < 1.29 is 4.79 Å². The van der Waals surface area contributed by atoms with Gasteiger partial charge >= 0.3 is 0 Å². The molecule has 1 heterocycles. The zero-order valence-corrected chi connectivity index (χ0v) is 10.5. The summed E-state index contributed by atoms with van der Waals surface area (Å²) in [5.74, 6) is 0.0927. The third-order valence-corrected chi connectivity index (χ3v) is 2.43. The molecule has 1 amide bonds. The first kappa shape index (κ1) is 12.2. The van der Waals surface area contributed by atoms with Crippen molar-refractivity contribution in [3.63, 3.8) is 0 Å². The van der Waals surface area contributed by atoms with E-state index in [4.69, 9.17) is 0 Å². The summed E-state index contributed by atoms with van der Waals surface area (Å²) in [5, 5.41) is 6.94. The standard InChI is InChI=1S/C10H16BrN3O/c1-2-3-5-12-10(15)4-6-14-8-9(11)7-13-14/h7-8H,2-6H2,1H3,(H,12,15). The van der Waals surface area contributed by atoms with E-state index in [1.165, 1.54) is 0 Å². The second-order valence-electron chi connectivity index (χ2n) is 3.38. The zero-order chi connectivity index (χ0) is 11.1. The van der Waals surface area contributed by atoms with Gasteiger partial charge in [0.1, 0.15) is 0 Å². The number of hydrogen-bond acceptors (Lipinski definition) is 2. The highest BCUT2D eigenvalue weighted by Crippen LogP contribution is 2.06. The summed E-state index contributed by atoms with van der Waals surface area (Å²) in [6, 6.07) is 0. The van der Waals surface area contributed by atoms with Gasteiger partial charge in [0.15, 0.2) is 0 Å². The number of nitrogens with one attached hydrogen (secondary N) is 1. The van der Waals surface area contributed by atoms with Crippen LogP contribution in [0.5, 0.6) is 0 Å². The van der Waals surface area contributed by atoms with Gasteiger partial charge in [-0.1, -0.05) is 13.3 Å². The average Bonchev–Trinajstić information content (AvgIpc) is 2.62. The van der Waals surface area contributed by atoms with Crippen LogP contribution in [0.25, 0.3) is 0 Å². The Labute approximate surface area is 98.2 Å². The number of carbonyl (C=O) groups excluding carboxylic acids is 1. The van der Waals surface area contributed by atoms with Crippen LogP contribution in [0.2, 0.25) is 0 Å². The maximum Gasteiger partial charge on any atom is 0.221 e. The van der Waals surface area contributed by atoms with E-state index in [1.54, 1.807) is 10.9 Å². The lowest BCUT2D eigenvalue weighted by Crippen LogP contribution is -2.25. The number of aryl methyl sites for hydroxylation is 1. The average molecular weight is 274 g/mol. The first-order valence-corrected chi connectivity index (χ1v) is 5.96. The fourth-order valence-electron chi connectivity index (χ4n) is 1.17. The van der Waals surface area contributed by atoms with Gasteiger partial charge in [0, 0.05) is 25.7 Å². The molecule has 0 bridgehead atoms. The fraction of sp³-hybridized carbons (Fsp3) is 0.600. The van der Waals surface area contributed by atoms with Crippen LogP contribution in [0.15, 0.2) is 16.9 Å². The number of nitrogens with zero attached hydrogens (tertiary/aromatic N) is 2. The first-order valence-electron chi connectivity index (χ1n) is 5.17. The van der Waals surface area contributed by atoms with Gasteiger partial charge in [0.25, 0.3) is 0 Å². The maximum atomic E-state index is 11.3. The molecule has 84 valence electrons. The molecule has 0 aliphatic heterocycles. The Morgan fingerprint density at radius 3 is 3.07 bits per heavy atom. The second-order valence-corrected chi connectivity index (χ2v) is 4.29. The van der Waals surface area contributed by atoms with Crippen molar-refractivity contribution in [2.75, 3.05) is 6.54 Å². The molecule has 0 spiro atoms. The van der Waals surface area contributed by atoms with Crippen molar-refractivity contribution in [2.45, 2.75) is 32.7 Å². The molecule has 0 fully saturated rings. The molecule has 0 saturated heterocycles. The van der Waals surface area contributed by atoms with Crippen molar-refractivity contribution in [1.82, 2.24) is 15.1 Å². The molecule has 0 radical (unpaired) electrons. The molecule has 0 unspecified atom stereocenters. The molecule has 5 heteroatoms. The van der Waals surface area contributed by atoms with Gasteiger partial charge in [-0.2, -0.15) is 5.10 Å². The fourth-order valence-corrected chi connectivity index (χ4v) is 1.50. The number of halogens is 1. The number of rotatable bonds is 6. The summed E-state index contributed by atoms with van der Waals surface area (Å²) in [4.78, 5) is 11.3. The predicted molar refractivity (Wildman–Crippen MR) is 62.5 cm³/mol. The highest BCUT2D eigenvalue weighted by atomic mass is 79.9. The van der Waals surface area contributed by atoms with Crippen molar-refractivity contribution in [2.24, 2.45) is 0 Å². The Balaban J connectivity index is 2.16.